The molecule has 24 heavy (non-hydrogen) atoms. The fourth-order valence-electron chi connectivity index (χ4n) is 3.38. The van der Waals surface area contributed by atoms with Crippen LogP contribution in [0.1, 0.15) is 51.4 Å². The van der Waals surface area contributed by atoms with Gasteiger partial charge in [0.15, 0.2) is 0 Å². The van der Waals surface area contributed by atoms with E-state index in [1.807, 2.05) is 4.90 Å². The molecule has 2 N–H and O–H groups in total. The summed E-state index contributed by atoms with van der Waals surface area (Å²) in [5, 5.41) is 11.9. The molecular formula is C17H31ClN2O4. The van der Waals surface area contributed by atoms with Gasteiger partial charge < -0.3 is 15.2 Å². The van der Waals surface area contributed by atoms with E-state index in [9.17, 15) is 9.59 Å². The smallest absolute Gasteiger partial charge is 0.306 e. The predicted octanol–water partition coefficient (Wildman–Crippen LogP) is 2.06. The lowest BCUT2D eigenvalue weighted by molar-refractivity contribution is -0.143. The van der Waals surface area contributed by atoms with Crippen LogP contribution >= 0.6 is 12.4 Å². The molecule has 0 spiro atoms. The lowest BCUT2D eigenvalue weighted by atomic mass is 9.97. The van der Waals surface area contributed by atoms with Crippen molar-refractivity contribution in [3.05, 3.63) is 0 Å². The average Bonchev–Trinajstić information content (AvgIpc) is 2.56. The second-order valence-electron chi connectivity index (χ2n) is 6.72. The quantitative estimate of drug-likeness (QED) is 0.646. The third kappa shape index (κ3) is 7.81. The minimum atomic E-state index is -0.716. The number of ether oxygens (including phenoxy) is 1. The van der Waals surface area contributed by atoms with Crippen molar-refractivity contribution < 1.29 is 19.4 Å². The lowest BCUT2D eigenvalue weighted by Gasteiger charge is -2.29. The van der Waals surface area contributed by atoms with E-state index in [4.69, 9.17) is 9.84 Å². The molecule has 140 valence electrons. The number of halogens is 1. The topological polar surface area (TPSA) is 78.9 Å². The number of hydrogen-bond acceptors (Lipinski definition) is 4. The van der Waals surface area contributed by atoms with E-state index in [-0.39, 0.29) is 24.2 Å². The first-order chi connectivity index (χ1) is 11.1. The molecule has 2 rings (SSSR count). The van der Waals surface area contributed by atoms with Gasteiger partial charge >= 0.3 is 5.97 Å². The molecule has 1 saturated heterocycles. The molecule has 0 aromatic carbocycles. The number of carboxylic acid groups (broad SMARTS) is 1. The predicted molar refractivity (Wildman–Crippen MR) is 94.5 cm³/mol. The zero-order valence-corrected chi connectivity index (χ0v) is 15.2. The third-order valence-electron chi connectivity index (χ3n) is 4.85. The van der Waals surface area contributed by atoms with Crippen molar-refractivity contribution in [3.8, 4) is 0 Å². The second-order valence-corrected chi connectivity index (χ2v) is 6.72. The van der Waals surface area contributed by atoms with Gasteiger partial charge in [0.1, 0.15) is 0 Å². The molecule has 1 heterocycles. The van der Waals surface area contributed by atoms with Gasteiger partial charge in [-0.1, -0.05) is 19.3 Å². The molecular weight excluding hydrogens is 332 g/mol. The lowest BCUT2D eigenvalue weighted by Crippen LogP contribution is -2.42. The molecule has 0 aromatic rings. The maximum Gasteiger partial charge on any atom is 0.306 e. The van der Waals surface area contributed by atoms with Crippen molar-refractivity contribution in [2.45, 2.75) is 57.5 Å². The van der Waals surface area contributed by atoms with E-state index < -0.39 is 5.97 Å². The van der Waals surface area contributed by atoms with Crippen LogP contribution in [-0.2, 0) is 14.3 Å². The van der Waals surface area contributed by atoms with Gasteiger partial charge in [0.05, 0.1) is 18.6 Å². The van der Waals surface area contributed by atoms with Crippen LogP contribution in [0.25, 0.3) is 0 Å². The molecule has 1 amide bonds. The van der Waals surface area contributed by atoms with Crippen LogP contribution < -0.4 is 5.32 Å². The fourth-order valence-corrected chi connectivity index (χ4v) is 3.38. The van der Waals surface area contributed by atoms with E-state index in [2.05, 4.69) is 5.32 Å². The maximum atomic E-state index is 11.9. The molecule has 6 nitrogen and oxygen atoms in total. The standard InChI is InChI=1S/C17H30N2O4.ClH/c20-16(13-19-10-7-14(8-11-19)17(21)22)18-9-4-12-23-15-5-2-1-3-6-15;/h14-15H,1-13H2,(H,18,20)(H,21,22);1H. The number of carbonyl (C=O) groups is 2. The summed E-state index contributed by atoms with van der Waals surface area (Å²) in [4.78, 5) is 24.8. The molecule has 0 atom stereocenters. The minimum Gasteiger partial charge on any atom is -0.481 e. The van der Waals surface area contributed by atoms with Crippen molar-refractivity contribution in [2.24, 2.45) is 5.92 Å². The Kier molecular flexibility index (Phi) is 10.3. The molecule has 7 heteroatoms. The van der Waals surface area contributed by atoms with Crippen molar-refractivity contribution in [1.29, 1.82) is 0 Å². The summed E-state index contributed by atoms with van der Waals surface area (Å²) in [5.41, 5.74) is 0. The first-order valence-corrected chi connectivity index (χ1v) is 8.98. The van der Waals surface area contributed by atoms with Crippen LogP contribution in [0.4, 0.5) is 0 Å². The molecule has 1 aliphatic heterocycles. The van der Waals surface area contributed by atoms with Gasteiger partial charge in [0.25, 0.3) is 0 Å². The van der Waals surface area contributed by atoms with Gasteiger partial charge in [0.2, 0.25) is 5.91 Å². The van der Waals surface area contributed by atoms with E-state index in [1.54, 1.807) is 0 Å². The highest BCUT2D eigenvalue weighted by Crippen LogP contribution is 2.20. The minimum absolute atomic E-state index is 0. The Hall–Kier alpha value is -0.850. The highest BCUT2D eigenvalue weighted by molar-refractivity contribution is 5.85. The van der Waals surface area contributed by atoms with Crippen LogP contribution in [0, 0.1) is 5.92 Å². The summed E-state index contributed by atoms with van der Waals surface area (Å²) in [7, 11) is 0. The zero-order chi connectivity index (χ0) is 16.5. The number of hydrogen-bond donors (Lipinski definition) is 2. The summed E-state index contributed by atoms with van der Waals surface area (Å²) >= 11 is 0. The van der Waals surface area contributed by atoms with E-state index in [0.29, 0.717) is 45.1 Å². The number of aliphatic carboxylic acids is 1. The molecule has 0 aromatic heterocycles. The number of nitrogens with one attached hydrogen (secondary N) is 1. The van der Waals surface area contributed by atoms with Crippen molar-refractivity contribution >= 4 is 24.3 Å². The van der Waals surface area contributed by atoms with E-state index in [1.165, 1.54) is 32.1 Å². The van der Waals surface area contributed by atoms with Gasteiger partial charge in [-0.15, -0.1) is 12.4 Å². The van der Waals surface area contributed by atoms with Crippen LogP contribution in [0.2, 0.25) is 0 Å². The third-order valence-corrected chi connectivity index (χ3v) is 4.85. The molecule has 0 bridgehead atoms. The zero-order valence-electron chi connectivity index (χ0n) is 14.4. The summed E-state index contributed by atoms with van der Waals surface area (Å²) < 4.78 is 5.83. The second kappa shape index (κ2) is 11.7. The highest BCUT2D eigenvalue weighted by Gasteiger charge is 2.25. The first-order valence-electron chi connectivity index (χ1n) is 8.98. The summed E-state index contributed by atoms with van der Waals surface area (Å²) in [5.74, 6) is -0.935. The Morgan fingerprint density at radius 3 is 2.38 bits per heavy atom. The summed E-state index contributed by atoms with van der Waals surface area (Å²) in [6, 6.07) is 0. The Balaban J connectivity index is 0.00000288. The molecule has 2 aliphatic rings. The fraction of sp³-hybridized carbons (Fsp3) is 0.882. The normalized spacial score (nSPS) is 20.3. The van der Waals surface area contributed by atoms with Crippen LogP contribution in [0.3, 0.4) is 0 Å². The molecule has 0 radical (unpaired) electrons. The van der Waals surface area contributed by atoms with Crippen LogP contribution in [0.5, 0.6) is 0 Å². The number of amides is 1. The molecule has 1 aliphatic carbocycles. The maximum absolute atomic E-state index is 11.9. The highest BCUT2D eigenvalue weighted by atomic mass is 35.5. The van der Waals surface area contributed by atoms with Crippen LogP contribution in [0.15, 0.2) is 0 Å². The first kappa shape index (κ1) is 21.2. The van der Waals surface area contributed by atoms with Gasteiger partial charge in [-0.2, -0.15) is 0 Å². The molecule has 2 fully saturated rings. The number of nitrogens with zero attached hydrogens (tertiary/aromatic N) is 1. The summed E-state index contributed by atoms with van der Waals surface area (Å²) in [6.07, 6.45) is 8.80. The van der Waals surface area contributed by atoms with Gasteiger partial charge in [-0.25, -0.2) is 0 Å². The largest absolute Gasteiger partial charge is 0.481 e. The SMILES string of the molecule is Cl.O=C(CN1CCC(C(=O)O)CC1)NCCCOC1CCCCC1. The van der Waals surface area contributed by atoms with Gasteiger partial charge in [-0.05, 0) is 45.2 Å². The van der Waals surface area contributed by atoms with Crippen molar-refractivity contribution in [2.75, 3.05) is 32.8 Å². The Morgan fingerprint density at radius 2 is 1.75 bits per heavy atom. The summed E-state index contributed by atoms with van der Waals surface area (Å²) in [6.45, 7) is 3.12. The monoisotopic (exact) mass is 362 g/mol. The van der Waals surface area contributed by atoms with Crippen molar-refractivity contribution in [1.82, 2.24) is 10.2 Å². The number of likely N-dealkylation sites (tertiary alicyclic amines) is 1. The average molecular weight is 363 g/mol. The van der Waals surface area contributed by atoms with Gasteiger partial charge in [0, 0.05) is 13.2 Å². The number of rotatable bonds is 8. The Bertz CT molecular complexity index is 381. The van der Waals surface area contributed by atoms with E-state index in [0.717, 1.165) is 13.0 Å². The molecule has 1 saturated carbocycles. The molecule has 0 unspecified atom stereocenters. The Labute approximate surface area is 150 Å². The number of carboxylic acids is 1. The number of carbonyl (C=O) groups excluding carboxylic acids is 1. The number of piperidine rings is 1. The Morgan fingerprint density at radius 1 is 1.08 bits per heavy atom. The van der Waals surface area contributed by atoms with Crippen LogP contribution in [-0.4, -0.2) is 60.8 Å². The van der Waals surface area contributed by atoms with Crippen molar-refractivity contribution in [3.63, 3.8) is 0 Å². The van der Waals surface area contributed by atoms with Gasteiger partial charge in [-0.3, -0.25) is 14.5 Å². The van der Waals surface area contributed by atoms with E-state index >= 15 is 0 Å².